The highest BCUT2D eigenvalue weighted by atomic mass is 79.9. The Morgan fingerprint density at radius 2 is 1.82 bits per heavy atom. The Morgan fingerprint density at radius 1 is 1.00 bits per heavy atom. The van der Waals surface area contributed by atoms with E-state index >= 15 is 0 Å². The molecule has 1 heterocycles. The molecule has 0 bridgehead atoms. The highest BCUT2D eigenvalue weighted by molar-refractivity contribution is 9.10. The normalized spacial score (nSPS) is 10.9. The third-order valence-corrected chi connectivity index (χ3v) is 4.31. The summed E-state index contributed by atoms with van der Waals surface area (Å²) in [4.78, 5) is 9.31. The second kappa shape index (κ2) is 8.91. The summed E-state index contributed by atoms with van der Waals surface area (Å²) in [6.45, 7) is 9.50. The molecule has 0 radical (unpaired) electrons. The lowest BCUT2D eigenvalue weighted by atomic mass is 10.2. The Labute approximate surface area is 142 Å². The fourth-order valence-electron chi connectivity index (χ4n) is 2.47. The highest BCUT2D eigenvalue weighted by Crippen LogP contribution is 2.17. The first-order valence-electron chi connectivity index (χ1n) is 7.85. The van der Waals surface area contributed by atoms with Crippen LogP contribution in [0.5, 0.6) is 0 Å². The fourth-order valence-corrected chi connectivity index (χ4v) is 2.92. The number of aromatic nitrogens is 1. The van der Waals surface area contributed by atoms with Crippen molar-refractivity contribution in [2.45, 2.75) is 20.4 Å². The maximum Gasteiger partial charge on any atom is 0.128 e. The minimum absolute atomic E-state index is 0.873. The average Bonchev–Trinajstić information content (AvgIpc) is 2.55. The predicted octanol–water partition coefficient (Wildman–Crippen LogP) is 4.19. The van der Waals surface area contributed by atoms with Crippen LogP contribution in [-0.4, -0.2) is 36.1 Å². The lowest BCUT2D eigenvalue weighted by Crippen LogP contribution is -2.35. The molecule has 0 fully saturated rings. The zero-order valence-corrected chi connectivity index (χ0v) is 15.0. The number of anilines is 1. The molecule has 0 unspecified atom stereocenters. The molecule has 0 N–H and O–H groups in total. The van der Waals surface area contributed by atoms with E-state index in [1.165, 1.54) is 5.56 Å². The van der Waals surface area contributed by atoms with Crippen LogP contribution in [0.15, 0.2) is 53.1 Å². The lowest BCUT2D eigenvalue weighted by molar-refractivity contribution is 0.309. The van der Waals surface area contributed by atoms with Gasteiger partial charge in [0, 0.05) is 30.3 Å². The zero-order chi connectivity index (χ0) is 15.8. The summed E-state index contributed by atoms with van der Waals surface area (Å²) in [6, 6.07) is 14.6. The molecule has 3 nitrogen and oxygen atoms in total. The van der Waals surface area contributed by atoms with Crippen LogP contribution in [0.25, 0.3) is 0 Å². The summed E-state index contributed by atoms with van der Waals surface area (Å²) in [7, 11) is 0. The molecular weight excluding hydrogens is 338 g/mol. The molecule has 0 saturated heterocycles. The van der Waals surface area contributed by atoms with Crippen molar-refractivity contribution in [3.8, 4) is 0 Å². The number of rotatable bonds is 8. The van der Waals surface area contributed by atoms with Gasteiger partial charge in [-0.25, -0.2) is 4.98 Å². The van der Waals surface area contributed by atoms with Crippen molar-refractivity contribution in [3.05, 3.63) is 58.7 Å². The predicted molar refractivity (Wildman–Crippen MR) is 97.2 cm³/mol. The number of hydrogen-bond donors (Lipinski definition) is 0. The van der Waals surface area contributed by atoms with Crippen LogP contribution >= 0.6 is 15.9 Å². The number of halogens is 1. The Morgan fingerprint density at radius 3 is 2.45 bits per heavy atom. The third-order valence-electron chi connectivity index (χ3n) is 3.82. The van der Waals surface area contributed by atoms with Crippen molar-refractivity contribution in [2.75, 3.05) is 31.1 Å². The van der Waals surface area contributed by atoms with Crippen LogP contribution in [0.3, 0.4) is 0 Å². The lowest BCUT2D eigenvalue weighted by Gasteiger charge is -2.27. The van der Waals surface area contributed by atoms with E-state index < -0.39 is 0 Å². The minimum atomic E-state index is 0.873. The fraction of sp³-hybridized carbons (Fsp3) is 0.389. The second-order valence-corrected chi connectivity index (χ2v) is 6.18. The molecule has 2 rings (SSSR count). The molecular formula is C18H24BrN3. The third kappa shape index (κ3) is 5.11. The van der Waals surface area contributed by atoms with Crippen molar-refractivity contribution in [2.24, 2.45) is 0 Å². The first-order chi connectivity index (χ1) is 10.7. The Bertz CT molecular complexity index is 555. The molecule has 1 aromatic carbocycles. The molecule has 2 aromatic rings. The second-order valence-electron chi connectivity index (χ2n) is 5.27. The van der Waals surface area contributed by atoms with Crippen LogP contribution in [0, 0.1) is 0 Å². The van der Waals surface area contributed by atoms with Crippen LogP contribution in [0.1, 0.15) is 19.4 Å². The monoisotopic (exact) mass is 361 g/mol. The van der Waals surface area contributed by atoms with Gasteiger partial charge in [-0.3, -0.25) is 0 Å². The van der Waals surface area contributed by atoms with Gasteiger partial charge < -0.3 is 9.80 Å². The van der Waals surface area contributed by atoms with E-state index in [1.54, 1.807) is 0 Å². The van der Waals surface area contributed by atoms with Crippen LogP contribution in [-0.2, 0) is 6.54 Å². The number of pyridine rings is 1. The van der Waals surface area contributed by atoms with Gasteiger partial charge in [-0.2, -0.15) is 0 Å². The van der Waals surface area contributed by atoms with Crippen LogP contribution in [0.4, 0.5) is 5.82 Å². The summed E-state index contributed by atoms with van der Waals surface area (Å²) in [6.07, 6.45) is 1.86. The SMILES string of the molecule is CCN(CC)CCN(Cc1cccc(Br)c1)c1ccccn1. The smallest absolute Gasteiger partial charge is 0.128 e. The topological polar surface area (TPSA) is 19.4 Å². The van der Waals surface area contributed by atoms with Crippen molar-refractivity contribution < 1.29 is 0 Å². The van der Waals surface area contributed by atoms with Crippen molar-refractivity contribution in [1.82, 2.24) is 9.88 Å². The van der Waals surface area contributed by atoms with Gasteiger partial charge in [-0.15, -0.1) is 0 Å². The van der Waals surface area contributed by atoms with E-state index in [-0.39, 0.29) is 0 Å². The summed E-state index contributed by atoms with van der Waals surface area (Å²) in [5, 5.41) is 0. The molecule has 0 amide bonds. The maximum absolute atomic E-state index is 4.52. The Kier molecular flexibility index (Phi) is 6.87. The highest BCUT2D eigenvalue weighted by Gasteiger charge is 2.10. The molecule has 0 spiro atoms. The van der Waals surface area contributed by atoms with Gasteiger partial charge in [0.05, 0.1) is 0 Å². The average molecular weight is 362 g/mol. The first kappa shape index (κ1) is 17.0. The standard InChI is InChI=1S/C18H24BrN3/c1-3-21(4-2)12-13-22(18-10-5-6-11-20-18)15-16-8-7-9-17(19)14-16/h5-11,14H,3-4,12-13,15H2,1-2H3. The largest absolute Gasteiger partial charge is 0.351 e. The van der Waals surface area contributed by atoms with Crippen LogP contribution in [0.2, 0.25) is 0 Å². The van der Waals surface area contributed by atoms with Gasteiger partial charge in [0.25, 0.3) is 0 Å². The maximum atomic E-state index is 4.52. The number of nitrogens with zero attached hydrogens (tertiary/aromatic N) is 3. The Balaban J connectivity index is 2.11. The summed E-state index contributed by atoms with van der Waals surface area (Å²) < 4.78 is 1.12. The van der Waals surface area contributed by atoms with E-state index in [2.05, 4.69) is 74.9 Å². The van der Waals surface area contributed by atoms with Crippen molar-refractivity contribution in [3.63, 3.8) is 0 Å². The molecule has 1 aromatic heterocycles. The molecule has 0 aliphatic rings. The Hall–Kier alpha value is -1.39. The summed E-state index contributed by atoms with van der Waals surface area (Å²) >= 11 is 3.55. The number of benzene rings is 1. The van der Waals surface area contributed by atoms with Gasteiger partial charge in [0.2, 0.25) is 0 Å². The van der Waals surface area contributed by atoms with Gasteiger partial charge >= 0.3 is 0 Å². The molecule has 22 heavy (non-hydrogen) atoms. The van der Waals surface area contributed by atoms with Crippen LogP contribution < -0.4 is 4.90 Å². The van der Waals surface area contributed by atoms with Gasteiger partial charge in [-0.1, -0.05) is 48.0 Å². The number of hydrogen-bond acceptors (Lipinski definition) is 3. The van der Waals surface area contributed by atoms with Crippen molar-refractivity contribution >= 4 is 21.7 Å². The molecule has 0 atom stereocenters. The summed E-state index contributed by atoms with van der Waals surface area (Å²) in [5.41, 5.74) is 1.29. The van der Waals surface area contributed by atoms with E-state index in [0.29, 0.717) is 0 Å². The first-order valence-corrected chi connectivity index (χ1v) is 8.65. The van der Waals surface area contributed by atoms with Gasteiger partial charge in [0.15, 0.2) is 0 Å². The van der Waals surface area contributed by atoms with E-state index in [4.69, 9.17) is 0 Å². The molecule has 118 valence electrons. The van der Waals surface area contributed by atoms with Gasteiger partial charge in [0.1, 0.15) is 5.82 Å². The van der Waals surface area contributed by atoms with E-state index in [9.17, 15) is 0 Å². The summed E-state index contributed by atoms with van der Waals surface area (Å²) in [5.74, 6) is 1.04. The molecule has 0 saturated carbocycles. The van der Waals surface area contributed by atoms with E-state index in [1.807, 2.05) is 18.3 Å². The van der Waals surface area contributed by atoms with Crippen molar-refractivity contribution in [1.29, 1.82) is 0 Å². The zero-order valence-electron chi connectivity index (χ0n) is 13.4. The molecule has 4 heteroatoms. The molecule has 0 aliphatic carbocycles. The minimum Gasteiger partial charge on any atom is -0.351 e. The van der Waals surface area contributed by atoms with Gasteiger partial charge in [-0.05, 0) is 42.9 Å². The van der Waals surface area contributed by atoms with E-state index in [0.717, 1.165) is 43.0 Å². The quantitative estimate of drug-likeness (QED) is 0.702. The molecule has 0 aliphatic heterocycles. The number of likely N-dealkylation sites (N-methyl/N-ethyl adjacent to an activating group) is 1.